The molecule has 1 aliphatic heterocycles. The summed E-state index contributed by atoms with van der Waals surface area (Å²) < 4.78 is 37.8. The molecule has 3 amide bonds. The van der Waals surface area contributed by atoms with Crippen molar-refractivity contribution in [3.8, 4) is 0 Å². The number of urea groups is 1. The number of nitrogens with zero attached hydrogens (tertiary/aromatic N) is 2. The molecule has 1 saturated heterocycles. The van der Waals surface area contributed by atoms with Crippen LogP contribution in [0.4, 0.5) is 18.0 Å². The van der Waals surface area contributed by atoms with Gasteiger partial charge in [0.25, 0.3) is 0 Å². The molecule has 8 heteroatoms. The van der Waals surface area contributed by atoms with Crippen molar-refractivity contribution in [2.75, 3.05) is 32.7 Å². The molecule has 1 N–H and O–H groups in total. The molecule has 0 spiro atoms. The van der Waals surface area contributed by atoms with Crippen LogP contribution in [0.1, 0.15) is 22.3 Å². The molecule has 0 aromatic heterocycles. The van der Waals surface area contributed by atoms with Crippen LogP contribution in [0.15, 0.2) is 48.5 Å². The van der Waals surface area contributed by atoms with Crippen molar-refractivity contribution < 1.29 is 22.8 Å². The number of carbonyl (C=O) groups excluding carboxylic acids is 2. The lowest BCUT2D eigenvalue weighted by Gasteiger charge is -2.34. The van der Waals surface area contributed by atoms with E-state index in [0.29, 0.717) is 45.6 Å². The van der Waals surface area contributed by atoms with Gasteiger partial charge in [-0.25, -0.2) is 4.79 Å². The summed E-state index contributed by atoms with van der Waals surface area (Å²) >= 11 is 0. The van der Waals surface area contributed by atoms with E-state index < -0.39 is 11.7 Å². The van der Waals surface area contributed by atoms with Gasteiger partial charge in [-0.3, -0.25) is 4.79 Å². The van der Waals surface area contributed by atoms with E-state index in [0.717, 1.165) is 28.8 Å². The Balaban J connectivity index is 1.39. The summed E-state index contributed by atoms with van der Waals surface area (Å²) in [5, 5.41) is 2.80. The highest BCUT2D eigenvalue weighted by atomic mass is 19.4. The molecule has 1 heterocycles. The maximum atomic E-state index is 12.6. The first-order chi connectivity index (χ1) is 14.7. The molecule has 1 aliphatic rings. The Labute approximate surface area is 179 Å². The van der Waals surface area contributed by atoms with E-state index in [2.05, 4.69) is 5.32 Å². The first-order valence-corrected chi connectivity index (χ1v) is 10.2. The summed E-state index contributed by atoms with van der Waals surface area (Å²) in [4.78, 5) is 28.2. The van der Waals surface area contributed by atoms with E-state index in [1.54, 1.807) is 9.80 Å². The van der Waals surface area contributed by atoms with Gasteiger partial charge in [-0.2, -0.15) is 13.2 Å². The lowest BCUT2D eigenvalue weighted by atomic mass is 10.1. The molecule has 0 atom stereocenters. The molecule has 0 bridgehead atoms. The van der Waals surface area contributed by atoms with E-state index in [-0.39, 0.29) is 11.9 Å². The second-order valence-corrected chi connectivity index (χ2v) is 7.71. The van der Waals surface area contributed by atoms with Gasteiger partial charge < -0.3 is 15.1 Å². The average Bonchev–Trinajstić information content (AvgIpc) is 2.75. The van der Waals surface area contributed by atoms with E-state index in [1.807, 2.05) is 31.2 Å². The Hall–Kier alpha value is -3.03. The van der Waals surface area contributed by atoms with Gasteiger partial charge in [-0.15, -0.1) is 0 Å². The van der Waals surface area contributed by atoms with Crippen LogP contribution in [0.25, 0.3) is 0 Å². The number of aryl methyl sites for hydroxylation is 1. The molecule has 2 aromatic carbocycles. The van der Waals surface area contributed by atoms with E-state index in [1.165, 1.54) is 12.1 Å². The van der Waals surface area contributed by atoms with Crippen LogP contribution in [-0.4, -0.2) is 54.5 Å². The molecular formula is C23H26F3N3O2. The van der Waals surface area contributed by atoms with Crippen LogP contribution in [0.2, 0.25) is 0 Å². The number of carbonyl (C=O) groups is 2. The van der Waals surface area contributed by atoms with Gasteiger partial charge in [0.2, 0.25) is 5.91 Å². The number of piperazine rings is 1. The number of hydrogen-bond acceptors (Lipinski definition) is 2. The Kier molecular flexibility index (Phi) is 7.20. The van der Waals surface area contributed by atoms with Crippen LogP contribution < -0.4 is 5.32 Å². The van der Waals surface area contributed by atoms with Crippen molar-refractivity contribution in [1.29, 1.82) is 0 Å². The van der Waals surface area contributed by atoms with Crippen LogP contribution in [0.5, 0.6) is 0 Å². The third kappa shape index (κ3) is 6.47. The van der Waals surface area contributed by atoms with Gasteiger partial charge in [0.05, 0.1) is 12.0 Å². The van der Waals surface area contributed by atoms with Crippen LogP contribution in [-0.2, 0) is 23.8 Å². The fourth-order valence-electron chi connectivity index (χ4n) is 3.44. The largest absolute Gasteiger partial charge is 0.416 e. The highest BCUT2D eigenvalue weighted by Crippen LogP contribution is 2.29. The first kappa shape index (κ1) is 22.7. The highest BCUT2D eigenvalue weighted by molar-refractivity contribution is 5.79. The summed E-state index contributed by atoms with van der Waals surface area (Å²) in [6.45, 7) is 4.20. The molecule has 5 nitrogen and oxygen atoms in total. The maximum Gasteiger partial charge on any atom is 0.416 e. The van der Waals surface area contributed by atoms with Gasteiger partial charge >= 0.3 is 12.2 Å². The summed E-state index contributed by atoms with van der Waals surface area (Å²) in [6, 6.07) is 12.6. The van der Waals surface area contributed by atoms with Crippen molar-refractivity contribution in [3.63, 3.8) is 0 Å². The number of alkyl halides is 3. The lowest BCUT2D eigenvalue weighted by Crippen LogP contribution is -2.53. The van der Waals surface area contributed by atoms with Gasteiger partial charge in [-0.1, -0.05) is 42.0 Å². The van der Waals surface area contributed by atoms with E-state index in [4.69, 9.17) is 0 Å². The van der Waals surface area contributed by atoms with Gasteiger partial charge in [0.15, 0.2) is 0 Å². The van der Waals surface area contributed by atoms with Crippen molar-refractivity contribution in [2.24, 2.45) is 0 Å². The minimum atomic E-state index is -4.35. The summed E-state index contributed by atoms with van der Waals surface area (Å²) in [6.07, 6.45) is -3.56. The molecule has 0 saturated carbocycles. The fraction of sp³-hybridized carbons (Fsp3) is 0.391. The van der Waals surface area contributed by atoms with Crippen molar-refractivity contribution in [2.45, 2.75) is 25.9 Å². The van der Waals surface area contributed by atoms with Crippen LogP contribution in [0.3, 0.4) is 0 Å². The maximum absolute atomic E-state index is 12.6. The normalized spacial score (nSPS) is 14.5. The third-order valence-corrected chi connectivity index (χ3v) is 5.37. The molecular weight excluding hydrogens is 407 g/mol. The van der Waals surface area contributed by atoms with Gasteiger partial charge in [0.1, 0.15) is 0 Å². The molecule has 2 aromatic rings. The molecule has 0 unspecified atom stereocenters. The Morgan fingerprint density at radius 2 is 1.42 bits per heavy atom. The quantitative estimate of drug-likeness (QED) is 0.783. The molecule has 31 heavy (non-hydrogen) atoms. The smallest absolute Gasteiger partial charge is 0.339 e. The zero-order chi connectivity index (χ0) is 22.4. The Morgan fingerprint density at radius 1 is 0.871 bits per heavy atom. The molecule has 3 rings (SSSR count). The number of hydrogen-bond donors (Lipinski definition) is 1. The lowest BCUT2D eigenvalue weighted by molar-refractivity contribution is -0.137. The van der Waals surface area contributed by atoms with Crippen LogP contribution in [0, 0.1) is 6.92 Å². The van der Waals surface area contributed by atoms with E-state index in [9.17, 15) is 22.8 Å². The predicted molar refractivity (Wildman–Crippen MR) is 112 cm³/mol. The van der Waals surface area contributed by atoms with Crippen molar-refractivity contribution in [1.82, 2.24) is 15.1 Å². The highest BCUT2D eigenvalue weighted by Gasteiger charge is 2.30. The summed E-state index contributed by atoms with van der Waals surface area (Å²) in [5.41, 5.74) is 2.16. The molecule has 0 radical (unpaired) electrons. The number of benzene rings is 2. The summed E-state index contributed by atoms with van der Waals surface area (Å²) in [5.74, 6) is 0.0474. The van der Waals surface area contributed by atoms with Gasteiger partial charge in [-0.05, 0) is 36.6 Å². The third-order valence-electron chi connectivity index (χ3n) is 5.37. The standard InChI is InChI=1S/C23H26F3N3O2/c1-17-2-4-19(5-3-17)16-21(30)28-12-14-29(15-13-28)22(31)27-11-10-18-6-8-20(9-7-18)23(24,25)26/h2-9H,10-16H2,1H3,(H,27,31). The number of nitrogens with one attached hydrogen (secondary N) is 1. The topological polar surface area (TPSA) is 52.7 Å². The first-order valence-electron chi connectivity index (χ1n) is 10.2. The number of amides is 3. The Bertz CT molecular complexity index is 888. The Morgan fingerprint density at radius 3 is 2.00 bits per heavy atom. The van der Waals surface area contributed by atoms with Gasteiger partial charge in [0, 0.05) is 32.7 Å². The zero-order valence-corrected chi connectivity index (χ0v) is 17.4. The van der Waals surface area contributed by atoms with Crippen molar-refractivity contribution in [3.05, 3.63) is 70.8 Å². The molecule has 1 fully saturated rings. The monoisotopic (exact) mass is 433 g/mol. The van der Waals surface area contributed by atoms with Crippen molar-refractivity contribution >= 4 is 11.9 Å². The fourth-order valence-corrected chi connectivity index (χ4v) is 3.44. The number of halogens is 3. The number of rotatable bonds is 5. The average molecular weight is 433 g/mol. The summed E-state index contributed by atoms with van der Waals surface area (Å²) in [7, 11) is 0. The van der Waals surface area contributed by atoms with Crippen LogP contribution >= 0.6 is 0 Å². The minimum absolute atomic E-state index is 0.0474. The second-order valence-electron chi connectivity index (χ2n) is 7.71. The SMILES string of the molecule is Cc1ccc(CC(=O)N2CCN(C(=O)NCCc3ccc(C(F)(F)F)cc3)CC2)cc1. The minimum Gasteiger partial charge on any atom is -0.339 e. The second kappa shape index (κ2) is 9.85. The molecule has 0 aliphatic carbocycles. The molecule has 166 valence electrons. The van der Waals surface area contributed by atoms with E-state index >= 15 is 0 Å². The predicted octanol–water partition coefficient (Wildman–Crippen LogP) is 3.65. The zero-order valence-electron chi connectivity index (χ0n) is 17.4.